The summed E-state index contributed by atoms with van der Waals surface area (Å²) >= 11 is 0. The van der Waals surface area contributed by atoms with Crippen molar-refractivity contribution in [2.24, 2.45) is 11.7 Å². The van der Waals surface area contributed by atoms with E-state index in [0.717, 1.165) is 30.7 Å². The zero-order valence-corrected chi connectivity index (χ0v) is 23.3. The average Bonchev–Trinajstić information content (AvgIpc) is 2.94. The average molecular weight is 585 g/mol. The molecule has 0 saturated carbocycles. The number of anilines is 3. The van der Waals surface area contributed by atoms with Gasteiger partial charge in [-0.1, -0.05) is 6.92 Å². The number of piperidine rings is 1. The summed E-state index contributed by atoms with van der Waals surface area (Å²) in [7, 11) is 0. The summed E-state index contributed by atoms with van der Waals surface area (Å²) in [4.78, 5) is 34.2. The molecule has 12 heteroatoms. The van der Waals surface area contributed by atoms with Crippen molar-refractivity contribution in [2.75, 3.05) is 54.4 Å². The number of aromatic nitrogens is 1. The summed E-state index contributed by atoms with van der Waals surface area (Å²) in [5.41, 5.74) is 4.82. The number of piperazine rings is 1. The monoisotopic (exact) mass is 584 g/mol. The van der Waals surface area contributed by atoms with Gasteiger partial charge in [0.15, 0.2) is 0 Å². The Morgan fingerprint density at radius 2 is 1.62 bits per heavy atom. The predicted molar refractivity (Wildman–Crippen MR) is 152 cm³/mol. The zero-order valence-electron chi connectivity index (χ0n) is 23.3. The van der Waals surface area contributed by atoms with Gasteiger partial charge in [0.1, 0.15) is 23.3 Å². The van der Waals surface area contributed by atoms with Crippen LogP contribution < -0.4 is 20.9 Å². The van der Waals surface area contributed by atoms with Crippen LogP contribution in [0.25, 0.3) is 11.1 Å². The molecule has 5 rings (SSSR count). The van der Waals surface area contributed by atoms with Crippen LogP contribution >= 0.6 is 0 Å². The minimum atomic E-state index is -1.40. The zero-order chi connectivity index (χ0) is 30.1. The molecule has 3 heterocycles. The molecule has 0 spiro atoms. The first-order chi connectivity index (χ1) is 20.0. The van der Waals surface area contributed by atoms with Crippen LogP contribution in [0, 0.1) is 29.2 Å². The van der Waals surface area contributed by atoms with Gasteiger partial charge in [0.2, 0.25) is 5.91 Å². The summed E-state index contributed by atoms with van der Waals surface area (Å²) in [6.07, 6.45) is 3.83. The summed E-state index contributed by atoms with van der Waals surface area (Å²) in [6, 6.07) is 5.37. The highest BCUT2D eigenvalue weighted by Crippen LogP contribution is 2.36. The molecule has 2 saturated heterocycles. The van der Waals surface area contributed by atoms with Crippen LogP contribution in [0.3, 0.4) is 0 Å². The first-order valence-corrected chi connectivity index (χ1v) is 13.8. The van der Waals surface area contributed by atoms with Gasteiger partial charge in [0.05, 0.1) is 34.3 Å². The Hall–Kier alpha value is -4.19. The van der Waals surface area contributed by atoms with Crippen LogP contribution in [-0.4, -0.2) is 67.0 Å². The molecule has 2 aromatic carbocycles. The molecule has 3 N–H and O–H groups in total. The highest BCUT2D eigenvalue weighted by molar-refractivity contribution is 6.06. The van der Waals surface area contributed by atoms with E-state index in [0.29, 0.717) is 56.6 Å². The number of carbonyl (C=O) groups excluding carboxylic acids is 2. The van der Waals surface area contributed by atoms with Crippen LogP contribution in [0.1, 0.15) is 30.6 Å². The number of benzene rings is 2. The highest BCUT2D eigenvalue weighted by Gasteiger charge is 2.28. The number of pyridine rings is 1. The molecule has 42 heavy (non-hydrogen) atoms. The van der Waals surface area contributed by atoms with Gasteiger partial charge in [-0.05, 0) is 42.7 Å². The third-order valence-electron chi connectivity index (χ3n) is 7.78. The smallest absolute Gasteiger partial charge is 0.258 e. The molecule has 1 aromatic heterocycles. The first kappa shape index (κ1) is 29.3. The van der Waals surface area contributed by atoms with E-state index in [9.17, 15) is 14.0 Å². The molecule has 0 aliphatic carbocycles. The molecular formula is C30H32F4N6O2. The summed E-state index contributed by atoms with van der Waals surface area (Å²) in [5, 5.41) is 2.62. The Balaban J connectivity index is 1.42. The summed E-state index contributed by atoms with van der Waals surface area (Å²) < 4.78 is 61.3. The quantitative estimate of drug-likeness (QED) is 0.432. The standard InChI is InChI=1S/C30H32F4N6O2/c1-17-11-19(35)16-40(15-17)26-5-6-36-14-25(26)37-30(42)21-3-4-22(31)28(29(21)34)27-23(32)12-20(13-24(27)33)39-9-7-38(8-10-39)18(2)41/h3-6,12-14,17,19H,7-11,15-16,35H2,1-2H3,(H,37,42)/t17-,19+/m1/s1. The van der Waals surface area contributed by atoms with Crippen molar-refractivity contribution in [3.8, 4) is 11.1 Å². The Morgan fingerprint density at radius 1 is 0.929 bits per heavy atom. The fraction of sp³-hybridized carbons (Fsp3) is 0.367. The first-order valence-electron chi connectivity index (χ1n) is 13.8. The molecule has 8 nitrogen and oxygen atoms in total. The maximum Gasteiger partial charge on any atom is 0.258 e. The van der Waals surface area contributed by atoms with E-state index in [-0.39, 0.29) is 17.6 Å². The van der Waals surface area contributed by atoms with Crippen LogP contribution in [0.15, 0.2) is 42.7 Å². The second-order valence-electron chi connectivity index (χ2n) is 10.9. The van der Waals surface area contributed by atoms with Gasteiger partial charge in [-0.15, -0.1) is 0 Å². The van der Waals surface area contributed by atoms with Crippen LogP contribution in [-0.2, 0) is 4.79 Å². The van der Waals surface area contributed by atoms with Gasteiger partial charge in [-0.3, -0.25) is 14.6 Å². The Morgan fingerprint density at radius 3 is 2.26 bits per heavy atom. The van der Waals surface area contributed by atoms with Crippen molar-refractivity contribution < 1.29 is 27.2 Å². The van der Waals surface area contributed by atoms with Gasteiger partial charge >= 0.3 is 0 Å². The third-order valence-corrected chi connectivity index (χ3v) is 7.78. The lowest BCUT2D eigenvalue weighted by atomic mass is 9.96. The van der Waals surface area contributed by atoms with E-state index < -0.39 is 45.9 Å². The number of nitrogens with one attached hydrogen (secondary N) is 1. The number of hydrogen-bond acceptors (Lipinski definition) is 6. The van der Waals surface area contributed by atoms with Crippen LogP contribution in [0.4, 0.5) is 34.6 Å². The SMILES string of the molecule is CC(=O)N1CCN(c2cc(F)c(-c3c(F)ccc(C(=O)Nc4cnccc4N4C[C@H](C)C[C@H](N)C4)c3F)c(F)c2)CC1. The topological polar surface area (TPSA) is 94.8 Å². The summed E-state index contributed by atoms with van der Waals surface area (Å²) in [5.74, 6) is -5.70. The molecule has 222 valence electrons. The molecule has 2 aliphatic heterocycles. The maximum absolute atomic E-state index is 15.7. The molecular weight excluding hydrogens is 552 g/mol. The van der Waals surface area contributed by atoms with E-state index in [4.69, 9.17) is 5.73 Å². The van der Waals surface area contributed by atoms with E-state index >= 15 is 13.2 Å². The molecule has 2 fully saturated rings. The third kappa shape index (κ3) is 5.89. The maximum atomic E-state index is 15.7. The van der Waals surface area contributed by atoms with E-state index in [1.165, 1.54) is 13.1 Å². The van der Waals surface area contributed by atoms with Gasteiger partial charge in [-0.2, -0.15) is 0 Å². The van der Waals surface area contributed by atoms with Crippen LogP contribution in [0.2, 0.25) is 0 Å². The lowest BCUT2D eigenvalue weighted by molar-refractivity contribution is -0.129. The molecule has 2 aliphatic rings. The number of halogens is 4. The molecule has 3 aromatic rings. The lowest BCUT2D eigenvalue weighted by Gasteiger charge is -2.37. The summed E-state index contributed by atoms with van der Waals surface area (Å²) in [6.45, 7) is 6.20. The van der Waals surface area contributed by atoms with E-state index in [1.54, 1.807) is 22.1 Å². The number of carbonyl (C=O) groups is 2. The van der Waals surface area contributed by atoms with Crippen molar-refractivity contribution in [3.63, 3.8) is 0 Å². The van der Waals surface area contributed by atoms with Crippen molar-refractivity contribution in [3.05, 3.63) is 71.6 Å². The van der Waals surface area contributed by atoms with Gasteiger partial charge < -0.3 is 25.8 Å². The second-order valence-corrected chi connectivity index (χ2v) is 10.9. The highest BCUT2D eigenvalue weighted by atomic mass is 19.1. The minimum Gasteiger partial charge on any atom is -0.368 e. The Bertz CT molecular complexity index is 1480. The van der Waals surface area contributed by atoms with Crippen molar-refractivity contribution in [1.29, 1.82) is 0 Å². The lowest BCUT2D eigenvalue weighted by Crippen LogP contribution is -2.48. The van der Waals surface area contributed by atoms with Gasteiger partial charge in [-0.25, -0.2) is 17.6 Å². The number of amides is 2. The number of nitrogens with zero attached hydrogens (tertiary/aromatic N) is 4. The molecule has 2 amide bonds. The van der Waals surface area contributed by atoms with Crippen LogP contribution in [0.5, 0.6) is 0 Å². The fourth-order valence-corrected chi connectivity index (χ4v) is 5.76. The van der Waals surface area contributed by atoms with Gasteiger partial charge in [0.25, 0.3) is 5.91 Å². The number of nitrogens with two attached hydrogens (primary N) is 1. The Labute approximate surface area is 241 Å². The molecule has 2 atom stereocenters. The molecule has 0 unspecified atom stereocenters. The van der Waals surface area contributed by atoms with E-state index in [1.807, 2.05) is 4.90 Å². The number of hydrogen-bond donors (Lipinski definition) is 2. The van der Waals surface area contributed by atoms with Crippen molar-refractivity contribution in [1.82, 2.24) is 9.88 Å². The number of rotatable bonds is 5. The van der Waals surface area contributed by atoms with Crippen molar-refractivity contribution >= 4 is 28.9 Å². The molecule has 0 radical (unpaired) electrons. The minimum absolute atomic E-state index is 0.0658. The Kier molecular flexibility index (Phi) is 8.35. The fourth-order valence-electron chi connectivity index (χ4n) is 5.76. The van der Waals surface area contributed by atoms with Gasteiger partial charge in [0, 0.05) is 64.1 Å². The van der Waals surface area contributed by atoms with E-state index in [2.05, 4.69) is 17.2 Å². The van der Waals surface area contributed by atoms with Crippen molar-refractivity contribution in [2.45, 2.75) is 26.3 Å². The predicted octanol–water partition coefficient (Wildman–Crippen LogP) is 4.40. The normalized spacial score (nSPS) is 19.2. The molecule has 0 bridgehead atoms. The largest absolute Gasteiger partial charge is 0.368 e. The second kappa shape index (κ2) is 12.0.